The van der Waals surface area contributed by atoms with Crippen LogP contribution in [0.5, 0.6) is 0 Å². The van der Waals surface area contributed by atoms with Crippen molar-refractivity contribution in [2.75, 3.05) is 32.7 Å². The molecule has 0 atom stereocenters. The highest BCUT2D eigenvalue weighted by atomic mass is 15.1. The van der Waals surface area contributed by atoms with Crippen LogP contribution in [0, 0.1) is 13.8 Å². The van der Waals surface area contributed by atoms with Crippen LogP contribution in [-0.4, -0.2) is 42.6 Å². The van der Waals surface area contributed by atoms with Crippen LogP contribution in [-0.2, 0) is 6.42 Å². The summed E-state index contributed by atoms with van der Waals surface area (Å²) < 4.78 is 0. The van der Waals surface area contributed by atoms with Gasteiger partial charge < -0.3 is 15.2 Å². The number of aryl methyl sites for hydroxylation is 2. The highest BCUT2D eigenvalue weighted by molar-refractivity contribution is 5.87. The highest BCUT2D eigenvalue weighted by Gasteiger charge is 2.13. The van der Waals surface area contributed by atoms with Gasteiger partial charge in [-0.05, 0) is 50.9 Å². The zero-order valence-corrected chi connectivity index (χ0v) is 12.6. The van der Waals surface area contributed by atoms with Gasteiger partial charge in [-0.25, -0.2) is 0 Å². The highest BCUT2D eigenvalue weighted by Crippen LogP contribution is 2.25. The molecule has 108 valence electrons. The number of hydrogen-bond acceptors (Lipinski definition) is 2. The number of H-pyrrole nitrogens is 1. The Morgan fingerprint density at radius 3 is 2.95 bits per heavy atom. The molecule has 1 aliphatic rings. The molecule has 1 saturated heterocycles. The number of aromatic nitrogens is 1. The second-order valence-electron chi connectivity index (χ2n) is 5.92. The molecule has 2 aromatic rings. The van der Waals surface area contributed by atoms with E-state index in [9.17, 15) is 0 Å². The first-order valence-electron chi connectivity index (χ1n) is 7.75. The Kier molecular flexibility index (Phi) is 4.08. The fourth-order valence-corrected chi connectivity index (χ4v) is 3.27. The van der Waals surface area contributed by atoms with Gasteiger partial charge in [-0.15, -0.1) is 0 Å². The van der Waals surface area contributed by atoms with Crippen molar-refractivity contribution in [2.24, 2.45) is 0 Å². The molecule has 20 heavy (non-hydrogen) atoms. The molecule has 0 saturated carbocycles. The average molecular weight is 271 g/mol. The minimum Gasteiger partial charge on any atom is -0.358 e. The summed E-state index contributed by atoms with van der Waals surface area (Å²) in [5, 5.41) is 4.88. The van der Waals surface area contributed by atoms with Crippen LogP contribution in [0.4, 0.5) is 0 Å². The molecule has 0 radical (unpaired) electrons. The maximum Gasteiger partial charge on any atom is 0.0488 e. The number of fused-ring (bicyclic) bond motifs is 1. The summed E-state index contributed by atoms with van der Waals surface area (Å²) in [6, 6.07) is 6.61. The van der Waals surface area contributed by atoms with E-state index >= 15 is 0 Å². The van der Waals surface area contributed by atoms with E-state index < -0.39 is 0 Å². The smallest absolute Gasteiger partial charge is 0.0488 e. The molecule has 0 bridgehead atoms. The predicted molar refractivity (Wildman–Crippen MR) is 85.4 cm³/mol. The van der Waals surface area contributed by atoms with Crippen LogP contribution in [0.25, 0.3) is 10.9 Å². The van der Waals surface area contributed by atoms with Crippen LogP contribution in [0.3, 0.4) is 0 Å². The fourth-order valence-electron chi connectivity index (χ4n) is 3.27. The van der Waals surface area contributed by atoms with E-state index in [1.54, 1.807) is 0 Å². The van der Waals surface area contributed by atoms with Gasteiger partial charge in [0.05, 0.1) is 0 Å². The molecular formula is C17H25N3. The third-order valence-corrected chi connectivity index (χ3v) is 4.47. The Morgan fingerprint density at radius 1 is 1.15 bits per heavy atom. The van der Waals surface area contributed by atoms with E-state index in [1.807, 2.05) is 0 Å². The Morgan fingerprint density at radius 2 is 2.05 bits per heavy atom. The van der Waals surface area contributed by atoms with E-state index in [4.69, 9.17) is 0 Å². The topological polar surface area (TPSA) is 31.1 Å². The third kappa shape index (κ3) is 2.74. The van der Waals surface area contributed by atoms with Crippen molar-refractivity contribution in [2.45, 2.75) is 26.7 Å². The maximum absolute atomic E-state index is 3.56. The second-order valence-corrected chi connectivity index (χ2v) is 5.92. The number of aromatic amines is 1. The van der Waals surface area contributed by atoms with E-state index in [0.29, 0.717) is 0 Å². The summed E-state index contributed by atoms with van der Waals surface area (Å²) in [7, 11) is 0. The van der Waals surface area contributed by atoms with E-state index in [2.05, 4.69) is 47.2 Å². The van der Waals surface area contributed by atoms with Crippen molar-refractivity contribution >= 4 is 10.9 Å². The van der Waals surface area contributed by atoms with Gasteiger partial charge in [0.1, 0.15) is 0 Å². The Hall–Kier alpha value is -1.32. The lowest BCUT2D eigenvalue weighted by atomic mass is 10.1. The molecule has 1 aliphatic heterocycles. The Labute approximate surface area is 121 Å². The summed E-state index contributed by atoms with van der Waals surface area (Å²) in [4.78, 5) is 6.16. The first kappa shape index (κ1) is 13.7. The lowest BCUT2D eigenvalue weighted by Crippen LogP contribution is -2.30. The van der Waals surface area contributed by atoms with Gasteiger partial charge in [0.15, 0.2) is 0 Å². The summed E-state index contributed by atoms with van der Waals surface area (Å²) in [6.45, 7) is 10.3. The predicted octanol–water partition coefficient (Wildman–Crippen LogP) is 2.62. The molecule has 1 aromatic heterocycles. The number of para-hydroxylation sites is 1. The number of nitrogens with one attached hydrogen (secondary N) is 2. The quantitative estimate of drug-likeness (QED) is 0.899. The summed E-state index contributed by atoms with van der Waals surface area (Å²) >= 11 is 0. The van der Waals surface area contributed by atoms with E-state index in [1.165, 1.54) is 60.3 Å². The van der Waals surface area contributed by atoms with Gasteiger partial charge in [-0.3, -0.25) is 0 Å². The molecule has 2 heterocycles. The molecule has 3 heteroatoms. The molecule has 0 spiro atoms. The standard InChI is InChI=1S/C17H25N3/c1-13-5-3-6-16-15(14(2)19-17(13)16)7-11-20-10-4-8-18-9-12-20/h3,5-6,18-19H,4,7-12H2,1-2H3. The molecule has 2 N–H and O–H groups in total. The lowest BCUT2D eigenvalue weighted by Gasteiger charge is -2.19. The van der Waals surface area contributed by atoms with Crippen molar-refractivity contribution < 1.29 is 0 Å². The molecule has 0 unspecified atom stereocenters. The van der Waals surface area contributed by atoms with E-state index in [0.717, 1.165) is 13.0 Å². The summed E-state index contributed by atoms with van der Waals surface area (Å²) in [5.74, 6) is 0. The van der Waals surface area contributed by atoms with Crippen LogP contribution in [0.2, 0.25) is 0 Å². The molecule has 1 aromatic carbocycles. The molecular weight excluding hydrogens is 246 g/mol. The van der Waals surface area contributed by atoms with Crippen molar-refractivity contribution in [3.05, 3.63) is 35.0 Å². The first-order valence-corrected chi connectivity index (χ1v) is 7.75. The average Bonchev–Trinajstić information content (AvgIpc) is 2.63. The van der Waals surface area contributed by atoms with Gasteiger partial charge in [-0.2, -0.15) is 0 Å². The summed E-state index contributed by atoms with van der Waals surface area (Å²) in [6.07, 6.45) is 2.42. The van der Waals surface area contributed by atoms with Crippen molar-refractivity contribution in [3.8, 4) is 0 Å². The number of rotatable bonds is 3. The van der Waals surface area contributed by atoms with Crippen LogP contribution >= 0.6 is 0 Å². The zero-order valence-electron chi connectivity index (χ0n) is 12.6. The monoisotopic (exact) mass is 271 g/mol. The summed E-state index contributed by atoms with van der Waals surface area (Å²) in [5.41, 5.74) is 5.50. The van der Waals surface area contributed by atoms with Crippen LogP contribution in [0.1, 0.15) is 23.2 Å². The maximum atomic E-state index is 3.56. The lowest BCUT2D eigenvalue weighted by molar-refractivity contribution is 0.296. The SMILES string of the molecule is Cc1[nH]c2c(C)cccc2c1CCN1CCCNCC1. The van der Waals surface area contributed by atoms with Gasteiger partial charge in [0.2, 0.25) is 0 Å². The number of benzene rings is 1. The van der Waals surface area contributed by atoms with Crippen molar-refractivity contribution in [1.29, 1.82) is 0 Å². The van der Waals surface area contributed by atoms with Gasteiger partial charge >= 0.3 is 0 Å². The normalized spacial score (nSPS) is 17.5. The van der Waals surface area contributed by atoms with Gasteiger partial charge in [0, 0.05) is 36.2 Å². The molecule has 0 aliphatic carbocycles. The first-order chi connectivity index (χ1) is 9.75. The molecule has 1 fully saturated rings. The van der Waals surface area contributed by atoms with Crippen LogP contribution in [0.15, 0.2) is 18.2 Å². The van der Waals surface area contributed by atoms with Crippen molar-refractivity contribution in [1.82, 2.24) is 15.2 Å². The second kappa shape index (κ2) is 5.98. The largest absolute Gasteiger partial charge is 0.358 e. The number of nitrogens with zero attached hydrogens (tertiary/aromatic N) is 1. The van der Waals surface area contributed by atoms with Crippen LogP contribution < -0.4 is 5.32 Å². The van der Waals surface area contributed by atoms with Gasteiger partial charge in [-0.1, -0.05) is 18.2 Å². The molecule has 3 nitrogen and oxygen atoms in total. The van der Waals surface area contributed by atoms with E-state index in [-0.39, 0.29) is 0 Å². The molecule has 0 amide bonds. The molecule has 3 rings (SSSR count). The van der Waals surface area contributed by atoms with Crippen molar-refractivity contribution in [3.63, 3.8) is 0 Å². The Balaban J connectivity index is 1.77. The van der Waals surface area contributed by atoms with Gasteiger partial charge in [0.25, 0.3) is 0 Å². The number of hydrogen-bond donors (Lipinski definition) is 2. The minimum absolute atomic E-state index is 1.13. The zero-order chi connectivity index (χ0) is 13.9. The fraction of sp³-hybridized carbons (Fsp3) is 0.529. The minimum atomic E-state index is 1.13. The third-order valence-electron chi connectivity index (χ3n) is 4.47. The Bertz CT molecular complexity index is 577.